The predicted octanol–water partition coefficient (Wildman–Crippen LogP) is 0.389. The van der Waals surface area contributed by atoms with Gasteiger partial charge in [-0.2, -0.15) is 0 Å². The Morgan fingerprint density at radius 2 is 2.22 bits per heavy atom. The molecule has 1 unspecified atom stereocenters. The molecule has 0 radical (unpaired) electrons. The molecule has 6 heteroatoms. The second kappa shape index (κ2) is 9.02. The van der Waals surface area contributed by atoms with Crippen LogP contribution in [0.3, 0.4) is 0 Å². The van der Waals surface area contributed by atoms with Crippen molar-refractivity contribution in [2.45, 2.75) is 25.8 Å². The van der Waals surface area contributed by atoms with Crippen molar-refractivity contribution in [3.63, 3.8) is 0 Å². The first-order valence-electron chi connectivity index (χ1n) is 6.41. The van der Waals surface area contributed by atoms with Crippen molar-refractivity contribution < 1.29 is 9.47 Å². The molecule has 18 heavy (non-hydrogen) atoms. The van der Waals surface area contributed by atoms with Crippen LogP contribution in [0.1, 0.15) is 19.0 Å². The average Bonchev–Trinajstić information content (AvgIpc) is 2.75. The normalized spacial score (nSPS) is 12.8. The minimum absolute atomic E-state index is 0.384. The number of rotatable bonds is 10. The molecule has 0 aliphatic carbocycles. The van der Waals surface area contributed by atoms with E-state index in [1.165, 1.54) is 0 Å². The quantitative estimate of drug-likeness (QED) is 0.614. The third-order valence-electron chi connectivity index (χ3n) is 2.64. The zero-order valence-corrected chi connectivity index (χ0v) is 11.6. The Balaban J connectivity index is 2.26. The Bertz CT molecular complexity index is 317. The zero-order valence-electron chi connectivity index (χ0n) is 11.6. The summed E-state index contributed by atoms with van der Waals surface area (Å²) >= 11 is 0. The molecule has 0 aliphatic rings. The third-order valence-corrected chi connectivity index (χ3v) is 2.64. The van der Waals surface area contributed by atoms with E-state index >= 15 is 0 Å². The molecule has 1 aromatic heterocycles. The van der Waals surface area contributed by atoms with E-state index in [9.17, 15) is 0 Å². The number of nitrogens with one attached hydrogen (secondary N) is 1. The van der Waals surface area contributed by atoms with Gasteiger partial charge in [0, 0.05) is 39.4 Å². The van der Waals surface area contributed by atoms with Gasteiger partial charge in [0.25, 0.3) is 0 Å². The van der Waals surface area contributed by atoms with E-state index in [0.29, 0.717) is 19.3 Å². The molecule has 1 atom stereocenters. The molecule has 0 saturated carbocycles. The molecule has 0 spiro atoms. The van der Waals surface area contributed by atoms with E-state index in [1.54, 1.807) is 11.8 Å². The van der Waals surface area contributed by atoms with Gasteiger partial charge < -0.3 is 14.8 Å². The maximum atomic E-state index is 5.49. The summed E-state index contributed by atoms with van der Waals surface area (Å²) in [5.41, 5.74) is 1.01. The van der Waals surface area contributed by atoms with Crippen LogP contribution in [-0.2, 0) is 22.9 Å². The summed E-state index contributed by atoms with van der Waals surface area (Å²) in [5.74, 6) is 0. The van der Waals surface area contributed by atoms with Gasteiger partial charge in [-0.05, 0) is 13.0 Å². The summed E-state index contributed by atoms with van der Waals surface area (Å²) in [6, 6.07) is 0.384. The highest BCUT2D eigenvalue weighted by Crippen LogP contribution is 2.02. The summed E-state index contributed by atoms with van der Waals surface area (Å²) < 4.78 is 12.2. The van der Waals surface area contributed by atoms with Crippen LogP contribution >= 0.6 is 0 Å². The molecule has 0 fully saturated rings. The molecular weight excluding hydrogens is 232 g/mol. The number of methoxy groups -OCH3 is 1. The van der Waals surface area contributed by atoms with Crippen LogP contribution in [0.2, 0.25) is 0 Å². The number of aryl methyl sites for hydroxylation is 1. The van der Waals surface area contributed by atoms with Crippen molar-refractivity contribution in [1.29, 1.82) is 0 Å². The average molecular weight is 256 g/mol. The second-order valence-corrected chi connectivity index (χ2v) is 4.24. The Hall–Kier alpha value is -0.980. The molecule has 0 bridgehead atoms. The van der Waals surface area contributed by atoms with E-state index in [0.717, 1.165) is 31.7 Å². The topological polar surface area (TPSA) is 61.2 Å². The minimum atomic E-state index is 0.384. The zero-order chi connectivity index (χ0) is 13.2. The second-order valence-electron chi connectivity index (χ2n) is 4.24. The molecule has 1 heterocycles. The van der Waals surface area contributed by atoms with Gasteiger partial charge in [-0.15, -0.1) is 5.10 Å². The van der Waals surface area contributed by atoms with E-state index < -0.39 is 0 Å². The fourth-order valence-electron chi connectivity index (χ4n) is 1.78. The number of hydrogen-bond acceptors (Lipinski definition) is 5. The lowest BCUT2D eigenvalue weighted by molar-refractivity contribution is 0.0658. The number of ether oxygens (including phenoxy) is 2. The van der Waals surface area contributed by atoms with Crippen LogP contribution in [0.25, 0.3) is 0 Å². The fourth-order valence-corrected chi connectivity index (χ4v) is 1.78. The van der Waals surface area contributed by atoms with Crippen molar-refractivity contribution in [3.05, 3.63) is 11.9 Å². The van der Waals surface area contributed by atoms with Crippen LogP contribution in [0.5, 0.6) is 0 Å². The SMILES string of the molecule is CCNC(CCOCCOC)Cc1cn(C)nn1. The maximum absolute atomic E-state index is 5.49. The minimum Gasteiger partial charge on any atom is -0.382 e. The third kappa shape index (κ3) is 6.09. The molecule has 1 rings (SSSR count). The van der Waals surface area contributed by atoms with E-state index in [1.807, 2.05) is 13.2 Å². The van der Waals surface area contributed by atoms with Crippen LogP contribution in [0.15, 0.2) is 6.20 Å². The van der Waals surface area contributed by atoms with Gasteiger partial charge in [0.1, 0.15) is 0 Å². The summed E-state index contributed by atoms with van der Waals surface area (Å²) in [6.07, 6.45) is 3.81. The first-order valence-corrected chi connectivity index (χ1v) is 6.41. The molecule has 6 nitrogen and oxygen atoms in total. The van der Waals surface area contributed by atoms with Gasteiger partial charge >= 0.3 is 0 Å². The summed E-state index contributed by atoms with van der Waals surface area (Å²) in [5, 5.41) is 11.5. The number of hydrogen-bond donors (Lipinski definition) is 1. The molecule has 0 amide bonds. The highest BCUT2D eigenvalue weighted by molar-refractivity contribution is 4.95. The highest BCUT2D eigenvalue weighted by atomic mass is 16.5. The lowest BCUT2D eigenvalue weighted by atomic mass is 10.1. The Morgan fingerprint density at radius 3 is 2.83 bits per heavy atom. The van der Waals surface area contributed by atoms with Crippen molar-refractivity contribution in [2.75, 3.05) is 33.5 Å². The van der Waals surface area contributed by atoms with Crippen molar-refractivity contribution in [2.24, 2.45) is 7.05 Å². The van der Waals surface area contributed by atoms with E-state index in [2.05, 4.69) is 22.6 Å². The highest BCUT2D eigenvalue weighted by Gasteiger charge is 2.10. The first kappa shape index (κ1) is 15.1. The molecule has 0 aliphatic heterocycles. The molecular formula is C12H24N4O2. The molecule has 104 valence electrons. The van der Waals surface area contributed by atoms with Crippen LogP contribution < -0.4 is 5.32 Å². The Labute approximate surface area is 109 Å². The number of nitrogens with zero attached hydrogens (tertiary/aromatic N) is 3. The summed E-state index contributed by atoms with van der Waals surface area (Å²) in [6.45, 7) is 5.09. The molecule has 0 saturated heterocycles. The molecule has 0 aromatic carbocycles. The Morgan fingerprint density at radius 1 is 1.39 bits per heavy atom. The van der Waals surface area contributed by atoms with Gasteiger partial charge in [0.15, 0.2) is 0 Å². The first-order chi connectivity index (χ1) is 8.76. The van der Waals surface area contributed by atoms with Gasteiger partial charge in [0.05, 0.1) is 18.9 Å². The summed E-state index contributed by atoms with van der Waals surface area (Å²) in [4.78, 5) is 0. The Kier molecular flexibility index (Phi) is 7.55. The molecule has 1 N–H and O–H groups in total. The summed E-state index contributed by atoms with van der Waals surface area (Å²) in [7, 11) is 3.56. The van der Waals surface area contributed by atoms with Crippen molar-refractivity contribution >= 4 is 0 Å². The van der Waals surface area contributed by atoms with Gasteiger partial charge in [-0.25, -0.2) is 0 Å². The standard InChI is InChI=1S/C12H24N4O2/c1-4-13-11(5-6-18-8-7-17-3)9-12-10-16(2)15-14-12/h10-11,13H,4-9H2,1-3H3. The fraction of sp³-hybridized carbons (Fsp3) is 0.833. The lowest BCUT2D eigenvalue weighted by Crippen LogP contribution is -2.32. The maximum Gasteiger partial charge on any atom is 0.0842 e. The van der Waals surface area contributed by atoms with Gasteiger partial charge in [-0.3, -0.25) is 4.68 Å². The van der Waals surface area contributed by atoms with Crippen molar-refractivity contribution in [1.82, 2.24) is 20.3 Å². The smallest absolute Gasteiger partial charge is 0.0842 e. The largest absolute Gasteiger partial charge is 0.382 e. The van der Waals surface area contributed by atoms with Crippen LogP contribution in [0, 0.1) is 0 Å². The monoisotopic (exact) mass is 256 g/mol. The van der Waals surface area contributed by atoms with Crippen molar-refractivity contribution in [3.8, 4) is 0 Å². The van der Waals surface area contributed by atoms with Crippen LogP contribution in [-0.4, -0.2) is 54.5 Å². The number of aromatic nitrogens is 3. The van der Waals surface area contributed by atoms with E-state index in [-0.39, 0.29) is 0 Å². The van der Waals surface area contributed by atoms with E-state index in [4.69, 9.17) is 9.47 Å². The number of likely N-dealkylation sites (N-methyl/N-ethyl adjacent to an activating group) is 1. The van der Waals surface area contributed by atoms with Crippen LogP contribution in [0.4, 0.5) is 0 Å². The molecule has 1 aromatic rings. The van der Waals surface area contributed by atoms with Gasteiger partial charge in [-0.1, -0.05) is 12.1 Å². The predicted molar refractivity (Wildman–Crippen MR) is 69.5 cm³/mol. The lowest BCUT2D eigenvalue weighted by Gasteiger charge is -2.16. The van der Waals surface area contributed by atoms with Gasteiger partial charge in [0.2, 0.25) is 0 Å².